The van der Waals surface area contributed by atoms with E-state index in [-0.39, 0.29) is 5.56 Å². The van der Waals surface area contributed by atoms with Crippen LogP contribution in [0.25, 0.3) is 0 Å². The summed E-state index contributed by atoms with van der Waals surface area (Å²) in [6, 6.07) is 1.59. The van der Waals surface area contributed by atoms with Crippen molar-refractivity contribution in [3.05, 3.63) is 33.2 Å². The molecule has 6 heteroatoms. The van der Waals surface area contributed by atoms with E-state index < -0.39 is 24.0 Å². The molecule has 102 valence electrons. The van der Waals surface area contributed by atoms with Crippen LogP contribution in [-0.4, -0.2) is 28.5 Å². The first-order valence-corrected chi connectivity index (χ1v) is 6.33. The molecule has 0 bridgehead atoms. The van der Waals surface area contributed by atoms with E-state index in [9.17, 15) is 14.4 Å². The molecule has 0 fully saturated rings. The fourth-order valence-corrected chi connectivity index (χ4v) is 2.27. The Bertz CT molecular complexity index is 562. The zero-order chi connectivity index (χ0) is 13.8. The molecule has 3 N–H and O–H groups in total. The summed E-state index contributed by atoms with van der Waals surface area (Å²) in [5.41, 5.74) is 1.42. The molecule has 0 saturated carbocycles. The third kappa shape index (κ3) is 3.21. The van der Waals surface area contributed by atoms with Crippen LogP contribution in [0.2, 0.25) is 0 Å². The van der Waals surface area contributed by atoms with Crippen molar-refractivity contribution in [3.63, 3.8) is 0 Å². The van der Waals surface area contributed by atoms with E-state index in [1.54, 1.807) is 6.07 Å². The summed E-state index contributed by atoms with van der Waals surface area (Å²) in [7, 11) is 0. The van der Waals surface area contributed by atoms with Gasteiger partial charge in [0.1, 0.15) is 12.1 Å². The van der Waals surface area contributed by atoms with E-state index >= 15 is 0 Å². The van der Waals surface area contributed by atoms with Crippen molar-refractivity contribution in [1.82, 2.24) is 10.3 Å². The van der Waals surface area contributed by atoms with Gasteiger partial charge in [0.05, 0.1) is 0 Å². The zero-order valence-electron chi connectivity index (χ0n) is 10.5. The maximum atomic E-state index is 11.8. The first kappa shape index (κ1) is 13.3. The quantitative estimate of drug-likeness (QED) is 0.690. The van der Waals surface area contributed by atoms with Crippen molar-refractivity contribution in [2.75, 3.05) is 6.54 Å². The lowest BCUT2D eigenvalue weighted by Crippen LogP contribution is -2.33. The highest BCUT2D eigenvalue weighted by molar-refractivity contribution is 5.95. The molecule has 2 rings (SSSR count). The predicted molar refractivity (Wildman–Crippen MR) is 68.3 cm³/mol. The number of aromatic amines is 1. The van der Waals surface area contributed by atoms with E-state index in [1.807, 2.05) is 0 Å². The van der Waals surface area contributed by atoms with Gasteiger partial charge in [-0.3, -0.25) is 14.4 Å². The molecule has 1 aliphatic rings. The van der Waals surface area contributed by atoms with Gasteiger partial charge in [-0.2, -0.15) is 0 Å². The smallest absolute Gasteiger partial charge is 0.322 e. The molecule has 0 saturated heterocycles. The third-order valence-corrected chi connectivity index (χ3v) is 3.23. The number of aliphatic carboxylic acids is 1. The highest BCUT2D eigenvalue weighted by Gasteiger charge is 2.16. The SMILES string of the molecule is O=C(O)CNC(=O)c1cc2c([nH]c1=O)CCCCC2. The fourth-order valence-electron chi connectivity index (χ4n) is 2.27. The molecule has 0 aromatic carbocycles. The number of fused-ring (bicyclic) bond motifs is 1. The van der Waals surface area contributed by atoms with Gasteiger partial charge < -0.3 is 15.4 Å². The number of rotatable bonds is 3. The number of amides is 1. The summed E-state index contributed by atoms with van der Waals surface area (Å²) in [5.74, 6) is -1.78. The largest absolute Gasteiger partial charge is 0.480 e. The number of hydrogen-bond acceptors (Lipinski definition) is 3. The average molecular weight is 264 g/mol. The number of carboxylic acids is 1. The van der Waals surface area contributed by atoms with Crippen LogP contribution in [0, 0.1) is 0 Å². The number of carbonyl (C=O) groups excluding carboxylic acids is 1. The third-order valence-electron chi connectivity index (χ3n) is 3.23. The second kappa shape index (κ2) is 5.69. The molecule has 0 unspecified atom stereocenters. The van der Waals surface area contributed by atoms with Crippen molar-refractivity contribution >= 4 is 11.9 Å². The number of aryl methyl sites for hydroxylation is 2. The summed E-state index contributed by atoms with van der Waals surface area (Å²) in [6.45, 7) is -0.491. The molecule has 0 aliphatic heterocycles. The van der Waals surface area contributed by atoms with Gasteiger partial charge in [-0.05, 0) is 37.3 Å². The lowest BCUT2D eigenvalue weighted by atomic mass is 10.1. The number of aromatic nitrogens is 1. The van der Waals surface area contributed by atoms with E-state index in [2.05, 4.69) is 10.3 Å². The second-order valence-corrected chi connectivity index (χ2v) is 4.65. The summed E-state index contributed by atoms with van der Waals surface area (Å²) < 4.78 is 0. The summed E-state index contributed by atoms with van der Waals surface area (Å²) >= 11 is 0. The molecule has 0 spiro atoms. The van der Waals surface area contributed by atoms with Crippen molar-refractivity contribution in [2.24, 2.45) is 0 Å². The van der Waals surface area contributed by atoms with E-state index in [1.165, 1.54) is 0 Å². The van der Waals surface area contributed by atoms with Gasteiger partial charge in [-0.1, -0.05) is 6.42 Å². The lowest BCUT2D eigenvalue weighted by Gasteiger charge is -2.08. The van der Waals surface area contributed by atoms with E-state index in [0.717, 1.165) is 43.4 Å². The molecule has 6 nitrogen and oxygen atoms in total. The van der Waals surface area contributed by atoms with Crippen LogP contribution in [0.3, 0.4) is 0 Å². The van der Waals surface area contributed by atoms with Crippen LogP contribution in [0.4, 0.5) is 0 Å². The van der Waals surface area contributed by atoms with E-state index in [4.69, 9.17) is 5.11 Å². The maximum absolute atomic E-state index is 11.8. The van der Waals surface area contributed by atoms with Crippen molar-refractivity contribution in [1.29, 1.82) is 0 Å². The zero-order valence-corrected chi connectivity index (χ0v) is 10.5. The molecule has 1 amide bonds. The highest BCUT2D eigenvalue weighted by Crippen LogP contribution is 2.18. The molecular formula is C13H16N2O4. The van der Waals surface area contributed by atoms with Gasteiger partial charge in [-0.25, -0.2) is 0 Å². The normalized spacial score (nSPS) is 14.3. The lowest BCUT2D eigenvalue weighted by molar-refractivity contribution is -0.135. The number of carboxylic acid groups (broad SMARTS) is 1. The molecular weight excluding hydrogens is 248 g/mol. The Kier molecular flexibility index (Phi) is 3.99. The minimum Gasteiger partial charge on any atom is -0.480 e. The number of nitrogens with one attached hydrogen (secondary N) is 2. The van der Waals surface area contributed by atoms with Crippen LogP contribution < -0.4 is 10.9 Å². The van der Waals surface area contributed by atoms with E-state index in [0.29, 0.717) is 0 Å². The Labute approximate surface area is 109 Å². The Morgan fingerprint density at radius 3 is 2.74 bits per heavy atom. The van der Waals surface area contributed by atoms with Gasteiger partial charge in [0.2, 0.25) is 0 Å². The standard InChI is InChI=1S/C13H16N2O4/c16-11(17)7-14-12(18)9-6-8-4-2-1-3-5-10(8)15-13(9)19/h6H,1-5,7H2,(H,14,18)(H,15,19)(H,16,17). The number of hydrogen-bond donors (Lipinski definition) is 3. The summed E-state index contributed by atoms with van der Waals surface area (Å²) in [5, 5.41) is 10.7. The van der Waals surface area contributed by atoms with Crippen LogP contribution in [0.1, 0.15) is 40.9 Å². The average Bonchev–Trinajstić information content (AvgIpc) is 2.59. The molecule has 0 radical (unpaired) electrons. The van der Waals surface area contributed by atoms with Gasteiger partial charge in [-0.15, -0.1) is 0 Å². The molecule has 1 aliphatic carbocycles. The van der Waals surface area contributed by atoms with Crippen LogP contribution in [-0.2, 0) is 17.6 Å². The Balaban J connectivity index is 2.26. The maximum Gasteiger partial charge on any atom is 0.322 e. The van der Waals surface area contributed by atoms with Crippen molar-refractivity contribution in [3.8, 4) is 0 Å². The topological polar surface area (TPSA) is 99.3 Å². The van der Waals surface area contributed by atoms with Gasteiger partial charge in [0, 0.05) is 5.69 Å². The van der Waals surface area contributed by atoms with Gasteiger partial charge >= 0.3 is 5.97 Å². The first-order valence-electron chi connectivity index (χ1n) is 6.33. The van der Waals surface area contributed by atoms with Crippen LogP contribution in [0.15, 0.2) is 10.9 Å². The van der Waals surface area contributed by atoms with Crippen LogP contribution >= 0.6 is 0 Å². The second-order valence-electron chi connectivity index (χ2n) is 4.65. The van der Waals surface area contributed by atoms with Crippen molar-refractivity contribution < 1.29 is 14.7 Å². The monoisotopic (exact) mass is 264 g/mol. The Hall–Kier alpha value is -2.11. The summed E-state index contributed by atoms with van der Waals surface area (Å²) in [6.07, 6.45) is 4.84. The minimum atomic E-state index is -1.14. The predicted octanol–water partition coefficient (Wildman–Crippen LogP) is 0.458. The molecule has 1 aromatic heterocycles. The molecule has 1 heterocycles. The number of carbonyl (C=O) groups is 2. The van der Waals surface area contributed by atoms with Crippen LogP contribution in [0.5, 0.6) is 0 Å². The van der Waals surface area contributed by atoms with Crippen molar-refractivity contribution in [2.45, 2.75) is 32.1 Å². The van der Waals surface area contributed by atoms with Gasteiger partial charge in [0.15, 0.2) is 0 Å². The number of H-pyrrole nitrogens is 1. The Morgan fingerprint density at radius 2 is 2.00 bits per heavy atom. The summed E-state index contributed by atoms with van der Waals surface area (Å²) in [4.78, 5) is 36.7. The minimum absolute atomic E-state index is 0.0121. The first-order chi connectivity index (χ1) is 9.08. The van der Waals surface area contributed by atoms with Gasteiger partial charge in [0.25, 0.3) is 11.5 Å². The highest BCUT2D eigenvalue weighted by atomic mass is 16.4. The molecule has 19 heavy (non-hydrogen) atoms. The fraction of sp³-hybridized carbons (Fsp3) is 0.462. The molecule has 0 atom stereocenters. The Morgan fingerprint density at radius 1 is 1.26 bits per heavy atom. The number of pyridine rings is 1. The molecule has 1 aromatic rings.